The Kier molecular flexibility index (Phi) is 13.6. The van der Waals surface area contributed by atoms with Crippen LogP contribution in [0.3, 0.4) is 0 Å². The lowest BCUT2D eigenvalue weighted by molar-refractivity contribution is -0.123. The summed E-state index contributed by atoms with van der Waals surface area (Å²) in [7, 11) is 0. The van der Waals surface area contributed by atoms with Crippen LogP contribution in [0, 0.1) is 0 Å². The molecular formula is C44H42Cl4N4O4. The largest absolute Gasteiger partial charge is 0.491 e. The van der Waals surface area contributed by atoms with Gasteiger partial charge in [0.15, 0.2) is 0 Å². The van der Waals surface area contributed by atoms with Crippen LogP contribution in [0.2, 0.25) is 20.1 Å². The molecule has 290 valence electrons. The van der Waals surface area contributed by atoms with Gasteiger partial charge in [0.05, 0.1) is 22.3 Å². The van der Waals surface area contributed by atoms with Crippen LogP contribution < -0.4 is 9.47 Å². The van der Waals surface area contributed by atoms with E-state index < -0.39 is 0 Å². The summed E-state index contributed by atoms with van der Waals surface area (Å²) in [6, 6.07) is 25.4. The van der Waals surface area contributed by atoms with E-state index >= 15 is 0 Å². The maximum atomic E-state index is 13.8. The summed E-state index contributed by atoms with van der Waals surface area (Å²) >= 11 is 25.6. The number of aliphatic imine (C=N–C) groups is 2. The van der Waals surface area contributed by atoms with Gasteiger partial charge in [-0.25, -0.2) is 9.98 Å². The number of amidine groups is 2. The van der Waals surface area contributed by atoms with Crippen molar-refractivity contribution in [2.45, 2.75) is 65.6 Å². The molecule has 0 atom stereocenters. The Morgan fingerprint density at radius 2 is 0.929 bits per heavy atom. The molecule has 0 aliphatic carbocycles. The fourth-order valence-electron chi connectivity index (χ4n) is 6.31. The quantitative estimate of drug-likeness (QED) is 0.0882. The van der Waals surface area contributed by atoms with Crippen molar-refractivity contribution in [3.63, 3.8) is 0 Å². The number of ether oxygens (including phenoxy) is 2. The lowest BCUT2D eigenvalue weighted by atomic mass is 10.1. The first-order valence-electron chi connectivity index (χ1n) is 18.5. The fourth-order valence-corrected chi connectivity index (χ4v) is 7.29. The highest BCUT2D eigenvalue weighted by molar-refractivity contribution is 6.38. The SMILES string of the molecule is CC(C)Oc1ccc(C=C2N=C(c3ccc(Cl)cc3Cl)N(CCCCCCN3C(=O)C(=Cc4ccc(OC(C)C)cc4)N=C3c3ccc(Cl)cc3Cl)C2=O)cc1. The van der Waals surface area contributed by atoms with Crippen molar-refractivity contribution in [3.05, 3.63) is 139 Å². The molecule has 0 spiro atoms. The minimum absolute atomic E-state index is 0.0535. The van der Waals surface area contributed by atoms with Gasteiger partial charge in [-0.15, -0.1) is 0 Å². The Hall–Kier alpha value is -4.60. The van der Waals surface area contributed by atoms with Gasteiger partial charge in [-0.1, -0.05) is 83.5 Å². The summed E-state index contributed by atoms with van der Waals surface area (Å²) in [4.78, 5) is 40.5. The van der Waals surface area contributed by atoms with E-state index in [2.05, 4.69) is 0 Å². The normalized spacial score (nSPS) is 15.8. The van der Waals surface area contributed by atoms with Crippen LogP contribution in [-0.2, 0) is 9.59 Å². The second-order valence-corrected chi connectivity index (χ2v) is 15.7. The van der Waals surface area contributed by atoms with E-state index in [-0.39, 0.29) is 24.0 Å². The molecule has 2 heterocycles. The zero-order chi connectivity index (χ0) is 39.9. The minimum atomic E-state index is -0.210. The van der Waals surface area contributed by atoms with Crippen molar-refractivity contribution >= 4 is 82.0 Å². The van der Waals surface area contributed by atoms with E-state index in [1.807, 2.05) is 76.2 Å². The predicted molar refractivity (Wildman–Crippen MR) is 228 cm³/mol. The highest BCUT2D eigenvalue weighted by Crippen LogP contribution is 2.31. The third-order valence-corrected chi connectivity index (χ3v) is 9.96. The standard InChI is InChI=1S/C44H42Cl4N4O4/c1-27(2)55-33-15-9-29(10-16-33)23-39-43(53)51(41(49-39)35-19-13-31(45)25-37(35)47)21-7-5-6-8-22-52-42(36-20-14-32(46)26-38(36)48)50-40(44(52)54)24-30-11-17-34(18-12-30)56-28(3)4/h9-20,23-28H,5-8,21-22H2,1-4H3. The van der Waals surface area contributed by atoms with Crippen LogP contribution in [-0.4, -0.2) is 58.6 Å². The van der Waals surface area contributed by atoms with Gasteiger partial charge in [-0.05, 0) is 124 Å². The first-order chi connectivity index (χ1) is 26.9. The molecule has 56 heavy (non-hydrogen) atoms. The molecule has 0 unspecified atom stereocenters. The Bertz CT molecular complexity index is 2060. The summed E-state index contributed by atoms with van der Waals surface area (Å²) in [5.74, 6) is 2.04. The number of carbonyl (C=O) groups is 2. The highest BCUT2D eigenvalue weighted by atomic mass is 35.5. The minimum Gasteiger partial charge on any atom is -0.491 e. The molecule has 2 amide bonds. The third-order valence-electron chi connectivity index (χ3n) is 8.86. The van der Waals surface area contributed by atoms with Crippen molar-refractivity contribution in [2.24, 2.45) is 9.98 Å². The topological polar surface area (TPSA) is 83.8 Å². The van der Waals surface area contributed by atoms with Crippen molar-refractivity contribution < 1.29 is 19.1 Å². The highest BCUT2D eigenvalue weighted by Gasteiger charge is 2.33. The Labute approximate surface area is 348 Å². The average Bonchev–Trinajstić information content (AvgIpc) is 3.61. The van der Waals surface area contributed by atoms with Gasteiger partial charge in [0.2, 0.25) is 0 Å². The molecule has 0 N–H and O–H groups in total. The van der Waals surface area contributed by atoms with E-state index in [9.17, 15) is 9.59 Å². The van der Waals surface area contributed by atoms with Crippen LogP contribution >= 0.6 is 46.4 Å². The summed E-state index contributed by atoms with van der Waals surface area (Å²) in [5.41, 5.74) is 3.51. The molecule has 6 rings (SSSR count). The Balaban J connectivity index is 1.12. The fraction of sp³-hybridized carbons (Fsp3) is 0.273. The zero-order valence-electron chi connectivity index (χ0n) is 31.6. The molecule has 2 aliphatic rings. The van der Waals surface area contributed by atoms with Gasteiger partial charge < -0.3 is 9.47 Å². The summed E-state index contributed by atoms with van der Waals surface area (Å²) in [6.45, 7) is 8.74. The van der Waals surface area contributed by atoms with Gasteiger partial charge in [-0.3, -0.25) is 19.4 Å². The average molecular weight is 833 g/mol. The van der Waals surface area contributed by atoms with Gasteiger partial charge in [0.25, 0.3) is 11.8 Å². The maximum absolute atomic E-state index is 13.8. The van der Waals surface area contributed by atoms with Crippen molar-refractivity contribution in [1.29, 1.82) is 0 Å². The number of halogens is 4. The molecule has 12 heteroatoms. The van der Waals surface area contributed by atoms with Gasteiger partial charge in [0, 0.05) is 34.3 Å². The molecule has 4 aromatic carbocycles. The van der Waals surface area contributed by atoms with Crippen molar-refractivity contribution in [1.82, 2.24) is 9.80 Å². The summed E-state index contributed by atoms with van der Waals surface area (Å²) in [5, 5.41) is 1.80. The van der Waals surface area contributed by atoms with E-state index in [1.54, 1.807) is 58.4 Å². The molecular weight excluding hydrogens is 790 g/mol. The Morgan fingerprint density at radius 1 is 0.554 bits per heavy atom. The summed E-state index contributed by atoms with van der Waals surface area (Å²) < 4.78 is 11.5. The van der Waals surface area contributed by atoms with Crippen LogP contribution in [0.4, 0.5) is 0 Å². The molecule has 8 nitrogen and oxygen atoms in total. The molecule has 0 bridgehead atoms. The first-order valence-corrected chi connectivity index (χ1v) is 20.1. The number of hydrogen-bond donors (Lipinski definition) is 0. The lowest BCUT2D eigenvalue weighted by Gasteiger charge is -2.20. The third kappa shape index (κ3) is 10.2. The van der Waals surface area contributed by atoms with Gasteiger partial charge >= 0.3 is 0 Å². The van der Waals surface area contributed by atoms with Crippen LogP contribution in [0.25, 0.3) is 12.2 Å². The number of benzene rings is 4. The second kappa shape index (κ2) is 18.6. The van der Waals surface area contributed by atoms with Crippen molar-refractivity contribution in [3.8, 4) is 11.5 Å². The van der Waals surface area contributed by atoms with Crippen LogP contribution in [0.5, 0.6) is 11.5 Å². The number of unbranched alkanes of at least 4 members (excludes halogenated alkanes) is 3. The molecule has 0 saturated heterocycles. The molecule has 2 aliphatic heterocycles. The number of hydrogen-bond acceptors (Lipinski definition) is 6. The molecule has 0 fully saturated rings. The van der Waals surface area contributed by atoms with Crippen molar-refractivity contribution in [2.75, 3.05) is 13.1 Å². The van der Waals surface area contributed by atoms with Crippen LogP contribution in [0.15, 0.2) is 106 Å². The summed E-state index contributed by atoms with van der Waals surface area (Å²) in [6.07, 6.45) is 6.63. The maximum Gasteiger partial charge on any atom is 0.278 e. The first kappa shape index (κ1) is 41.0. The second-order valence-electron chi connectivity index (χ2n) is 14.0. The van der Waals surface area contributed by atoms with Crippen LogP contribution in [0.1, 0.15) is 75.6 Å². The number of carbonyl (C=O) groups excluding carboxylic acids is 2. The van der Waals surface area contributed by atoms with E-state index in [0.717, 1.165) is 35.5 Å². The predicted octanol–water partition coefficient (Wildman–Crippen LogP) is 11.4. The smallest absolute Gasteiger partial charge is 0.278 e. The van der Waals surface area contributed by atoms with Gasteiger partial charge in [-0.2, -0.15) is 0 Å². The molecule has 4 aromatic rings. The number of nitrogens with zero attached hydrogens (tertiary/aromatic N) is 4. The molecule has 0 aromatic heterocycles. The monoisotopic (exact) mass is 830 g/mol. The lowest BCUT2D eigenvalue weighted by Crippen LogP contribution is -2.34. The van der Waals surface area contributed by atoms with Gasteiger partial charge in [0.1, 0.15) is 34.6 Å². The number of rotatable bonds is 15. The Morgan fingerprint density at radius 3 is 1.27 bits per heavy atom. The zero-order valence-corrected chi connectivity index (χ0v) is 34.6. The van der Waals surface area contributed by atoms with E-state index in [0.29, 0.717) is 80.2 Å². The molecule has 0 radical (unpaired) electrons. The van der Waals surface area contributed by atoms with E-state index in [1.165, 1.54) is 0 Å². The molecule has 0 saturated carbocycles. The van der Waals surface area contributed by atoms with E-state index in [4.69, 9.17) is 65.9 Å². The number of amides is 2.